The minimum absolute atomic E-state index is 0.00728. The summed E-state index contributed by atoms with van der Waals surface area (Å²) in [6, 6.07) is 10.2. The van der Waals surface area contributed by atoms with Crippen LogP contribution in [-0.2, 0) is 23.6 Å². The lowest BCUT2D eigenvalue weighted by atomic mass is 10.1. The number of rotatable bonds is 11. The van der Waals surface area contributed by atoms with Crippen LogP contribution in [0, 0.1) is 16.7 Å². The summed E-state index contributed by atoms with van der Waals surface area (Å²) in [5.41, 5.74) is 0.519. The van der Waals surface area contributed by atoms with Crippen molar-refractivity contribution in [2.75, 3.05) is 19.8 Å². The van der Waals surface area contributed by atoms with Crippen molar-refractivity contribution in [1.82, 2.24) is 24.8 Å². The predicted octanol–water partition coefficient (Wildman–Crippen LogP) is 0.733. The summed E-state index contributed by atoms with van der Waals surface area (Å²) in [5.74, 6) is -0.585. The third-order valence-corrected chi connectivity index (χ3v) is 9.74. The second-order valence-electron chi connectivity index (χ2n) is 10.3. The number of aromatic nitrogens is 3. The number of nitrogens with zero attached hydrogens (tertiary/aromatic N) is 4. The average Bonchev–Trinajstić information content (AvgIpc) is 3.88. The molecule has 3 N–H and O–H groups in total. The number of nitriles is 1. The van der Waals surface area contributed by atoms with Crippen LogP contribution in [0.5, 0.6) is 5.88 Å². The first-order valence-electron chi connectivity index (χ1n) is 12.5. The van der Waals surface area contributed by atoms with Gasteiger partial charge in [-0.3, -0.25) is 9.59 Å². The number of carbonyl (C=O) groups excluding carboxylic acids is 1. The van der Waals surface area contributed by atoms with E-state index in [2.05, 4.69) is 20.2 Å². The Kier molecular flexibility index (Phi) is 6.88. The normalized spacial score (nSPS) is 16.8. The topological polar surface area (TPSA) is 176 Å². The fourth-order valence-corrected chi connectivity index (χ4v) is 6.01. The van der Waals surface area contributed by atoms with E-state index in [0.717, 1.165) is 18.4 Å². The number of amides is 1. The van der Waals surface area contributed by atoms with Gasteiger partial charge in [0.05, 0.1) is 17.8 Å². The summed E-state index contributed by atoms with van der Waals surface area (Å²) in [5, 5.41) is 29.5. The van der Waals surface area contributed by atoms with Gasteiger partial charge in [0.25, 0.3) is 17.3 Å². The quantitative estimate of drug-likeness (QED) is 0.309. The lowest BCUT2D eigenvalue weighted by molar-refractivity contribution is 0.0949. The number of benzene rings is 1. The third-order valence-electron chi connectivity index (χ3n) is 7.55. The maximum atomic E-state index is 13.1. The highest BCUT2D eigenvalue weighted by Gasteiger charge is 2.56. The molecule has 0 unspecified atom stereocenters. The first-order chi connectivity index (χ1) is 18.6. The first-order valence-corrected chi connectivity index (χ1v) is 14.0. The van der Waals surface area contributed by atoms with Crippen LogP contribution >= 0.6 is 0 Å². The van der Waals surface area contributed by atoms with Gasteiger partial charge in [-0.2, -0.15) is 10.4 Å². The van der Waals surface area contributed by atoms with Crippen LogP contribution in [0.15, 0.2) is 41.3 Å². The Morgan fingerprint density at radius 3 is 2.56 bits per heavy atom. The molecule has 0 radical (unpaired) electrons. The zero-order valence-corrected chi connectivity index (χ0v) is 22.1. The summed E-state index contributed by atoms with van der Waals surface area (Å²) in [6.45, 7) is 0.113. The lowest BCUT2D eigenvalue weighted by Gasteiger charge is -2.20. The van der Waals surface area contributed by atoms with Gasteiger partial charge in [0, 0.05) is 37.5 Å². The van der Waals surface area contributed by atoms with Gasteiger partial charge in [-0.15, -0.1) is 5.10 Å². The number of aryl methyl sites for hydroxylation is 1. The van der Waals surface area contributed by atoms with Crippen LogP contribution in [0.1, 0.15) is 47.2 Å². The number of sulfonamides is 1. The van der Waals surface area contributed by atoms with Crippen molar-refractivity contribution in [1.29, 1.82) is 5.26 Å². The second kappa shape index (κ2) is 10.0. The SMILES string of the molecule is Cn1c(=O)c(C(=O)NCc2ccc(C#N)cc2)cc2cnnc(OCC3(S(=O)(=O)NCC4(CO)CC4)CC3)c21. The van der Waals surface area contributed by atoms with E-state index in [1.54, 1.807) is 24.3 Å². The molecule has 2 aliphatic carbocycles. The molecule has 0 saturated heterocycles. The maximum Gasteiger partial charge on any atom is 0.263 e. The Balaban J connectivity index is 1.31. The number of aliphatic hydroxyl groups is 1. The van der Waals surface area contributed by atoms with Crippen LogP contribution in [0.3, 0.4) is 0 Å². The van der Waals surface area contributed by atoms with E-state index < -0.39 is 26.2 Å². The van der Waals surface area contributed by atoms with Gasteiger partial charge in [0.15, 0.2) is 0 Å². The highest BCUT2D eigenvalue weighted by atomic mass is 32.2. The molecule has 2 fully saturated rings. The summed E-state index contributed by atoms with van der Waals surface area (Å²) in [6.07, 6.45) is 3.79. The molecular weight excluding hydrogens is 524 g/mol. The number of fused-ring (bicyclic) bond motifs is 1. The number of carbonyl (C=O) groups is 1. The van der Waals surface area contributed by atoms with Crippen molar-refractivity contribution in [3.05, 3.63) is 63.6 Å². The molecule has 5 rings (SSSR count). The summed E-state index contributed by atoms with van der Waals surface area (Å²) in [7, 11) is -2.24. The number of aliphatic hydroxyl groups excluding tert-OH is 1. The number of hydrogen-bond donors (Lipinski definition) is 3. The lowest BCUT2D eigenvalue weighted by Crippen LogP contribution is -2.43. The molecule has 12 nitrogen and oxygen atoms in total. The molecule has 0 atom stereocenters. The first kappa shape index (κ1) is 26.7. The minimum atomic E-state index is -3.72. The van der Waals surface area contributed by atoms with Gasteiger partial charge in [-0.05, 0) is 49.4 Å². The van der Waals surface area contributed by atoms with Gasteiger partial charge >= 0.3 is 0 Å². The van der Waals surface area contributed by atoms with Gasteiger partial charge in [-0.1, -0.05) is 12.1 Å². The highest BCUT2D eigenvalue weighted by Crippen LogP contribution is 2.47. The number of ether oxygens (including phenoxy) is 1. The molecule has 0 aliphatic heterocycles. The molecule has 0 bridgehead atoms. The van der Waals surface area contributed by atoms with Crippen molar-refractivity contribution in [2.45, 2.75) is 37.0 Å². The molecule has 13 heteroatoms. The maximum absolute atomic E-state index is 13.1. The Morgan fingerprint density at radius 1 is 1.23 bits per heavy atom. The third kappa shape index (κ3) is 5.23. The molecule has 39 heavy (non-hydrogen) atoms. The second-order valence-corrected chi connectivity index (χ2v) is 12.5. The van der Waals surface area contributed by atoms with E-state index in [4.69, 9.17) is 10.00 Å². The smallest absolute Gasteiger partial charge is 0.263 e. The average molecular weight is 553 g/mol. The van der Waals surface area contributed by atoms with Gasteiger partial charge < -0.3 is 19.7 Å². The Morgan fingerprint density at radius 2 is 1.95 bits per heavy atom. The Bertz CT molecular complexity index is 1640. The zero-order chi connectivity index (χ0) is 27.8. The largest absolute Gasteiger partial charge is 0.473 e. The molecule has 0 spiro atoms. The molecule has 2 saturated carbocycles. The molecule has 1 amide bonds. The highest BCUT2D eigenvalue weighted by molar-refractivity contribution is 7.91. The zero-order valence-electron chi connectivity index (χ0n) is 21.3. The number of hydrogen-bond acceptors (Lipinski definition) is 9. The van der Waals surface area contributed by atoms with E-state index in [9.17, 15) is 23.1 Å². The fourth-order valence-electron chi connectivity index (χ4n) is 4.35. The summed E-state index contributed by atoms with van der Waals surface area (Å²) < 4.78 is 34.6. The minimum Gasteiger partial charge on any atom is -0.473 e. The van der Waals surface area contributed by atoms with Crippen molar-refractivity contribution in [3.8, 4) is 11.9 Å². The molecule has 2 heterocycles. The van der Waals surface area contributed by atoms with Crippen LogP contribution < -0.4 is 20.3 Å². The monoisotopic (exact) mass is 552 g/mol. The number of pyridine rings is 1. The molecule has 3 aromatic rings. The van der Waals surface area contributed by atoms with Crippen LogP contribution in [0.2, 0.25) is 0 Å². The van der Waals surface area contributed by atoms with Gasteiger partial charge in [-0.25, -0.2) is 13.1 Å². The molecular formula is C26H28N6O6S. The Hall–Kier alpha value is -3.86. The molecule has 2 aromatic heterocycles. The van der Waals surface area contributed by atoms with E-state index in [-0.39, 0.29) is 48.7 Å². The molecule has 2 aliphatic rings. The van der Waals surface area contributed by atoms with E-state index in [0.29, 0.717) is 23.8 Å². The standard InChI is InChI=1S/C26H28N6O6S/c1-32-21-19(10-20(24(32)35)22(34)28-12-18-4-2-17(11-27)3-5-18)13-29-31-23(21)38-16-26(8-9-26)39(36,37)30-14-25(15-33)6-7-25/h2-5,10,13,30,33H,6-9,12,14-16H2,1H3,(H,28,34). The van der Waals surface area contributed by atoms with E-state index in [1.165, 1.54) is 23.9 Å². The predicted molar refractivity (Wildman–Crippen MR) is 140 cm³/mol. The summed E-state index contributed by atoms with van der Waals surface area (Å²) in [4.78, 5) is 25.9. The molecule has 1 aromatic carbocycles. The van der Waals surface area contributed by atoms with E-state index in [1.807, 2.05) is 6.07 Å². The van der Waals surface area contributed by atoms with Crippen LogP contribution in [0.25, 0.3) is 10.9 Å². The van der Waals surface area contributed by atoms with Crippen molar-refractivity contribution >= 4 is 26.8 Å². The van der Waals surface area contributed by atoms with Crippen molar-refractivity contribution < 1.29 is 23.1 Å². The van der Waals surface area contributed by atoms with Crippen LogP contribution in [0.4, 0.5) is 0 Å². The Labute approximate surface area is 224 Å². The van der Waals surface area contributed by atoms with Crippen molar-refractivity contribution in [2.24, 2.45) is 12.5 Å². The van der Waals surface area contributed by atoms with Crippen LogP contribution in [-0.4, -0.2) is 58.7 Å². The fraction of sp³-hybridized carbons (Fsp3) is 0.423. The van der Waals surface area contributed by atoms with Crippen molar-refractivity contribution in [3.63, 3.8) is 0 Å². The summed E-state index contributed by atoms with van der Waals surface area (Å²) >= 11 is 0. The van der Waals surface area contributed by atoms with E-state index >= 15 is 0 Å². The number of nitrogens with one attached hydrogen (secondary N) is 2. The molecule has 204 valence electrons. The van der Waals surface area contributed by atoms with Gasteiger partial charge in [0.1, 0.15) is 22.4 Å². The van der Waals surface area contributed by atoms with Gasteiger partial charge in [0.2, 0.25) is 10.0 Å².